The smallest absolute Gasteiger partial charge is 0.142 e. The number of nitrogens with two attached hydrogens (primary N) is 2. The highest BCUT2D eigenvalue weighted by Crippen LogP contribution is 2.45. The van der Waals surface area contributed by atoms with Crippen molar-refractivity contribution in [2.45, 2.75) is 65.8 Å². The predicted molar refractivity (Wildman–Crippen MR) is 151 cm³/mol. The largest absolute Gasteiger partial charge is 0.330 e. The quantitative estimate of drug-likeness (QED) is 0.329. The molecule has 2 aromatic carbocycles. The molecule has 198 valence electrons. The van der Waals surface area contributed by atoms with Crippen LogP contribution in [0.25, 0.3) is 0 Å². The average Bonchev–Trinajstić information content (AvgIpc) is 3.56. The van der Waals surface area contributed by atoms with E-state index in [4.69, 9.17) is 34.7 Å². The summed E-state index contributed by atoms with van der Waals surface area (Å²) in [6.07, 6.45) is 3.67. The van der Waals surface area contributed by atoms with E-state index in [1.54, 1.807) is 6.07 Å². The zero-order valence-electron chi connectivity index (χ0n) is 22.2. The molecule has 1 aliphatic rings. The molecule has 0 bridgehead atoms. The van der Waals surface area contributed by atoms with E-state index in [-0.39, 0.29) is 28.8 Å². The Morgan fingerprint density at radius 1 is 1.06 bits per heavy atom. The lowest BCUT2D eigenvalue weighted by Crippen LogP contribution is -2.36. The summed E-state index contributed by atoms with van der Waals surface area (Å²) < 4.78 is 13.3. The van der Waals surface area contributed by atoms with Crippen molar-refractivity contribution >= 4 is 29.0 Å². The molecule has 2 atom stereocenters. The Kier molecular flexibility index (Phi) is 10.8. The van der Waals surface area contributed by atoms with Crippen molar-refractivity contribution in [2.24, 2.45) is 34.6 Å². The Balaban J connectivity index is 0.000000254. The van der Waals surface area contributed by atoms with Crippen LogP contribution in [0.15, 0.2) is 54.6 Å². The van der Waals surface area contributed by atoms with Crippen LogP contribution in [-0.4, -0.2) is 17.9 Å². The van der Waals surface area contributed by atoms with Gasteiger partial charge in [0.2, 0.25) is 0 Å². The van der Waals surface area contributed by atoms with Gasteiger partial charge in [-0.2, -0.15) is 0 Å². The molecular formula is C30H41Cl2FN2O. The molecular weight excluding hydrogens is 494 g/mol. The minimum absolute atomic E-state index is 0.0129. The molecule has 0 saturated heterocycles. The molecule has 4 N–H and O–H groups in total. The molecule has 3 nitrogen and oxygen atoms in total. The van der Waals surface area contributed by atoms with Crippen LogP contribution < -0.4 is 11.5 Å². The number of halogens is 3. The van der Waals surface area contributed by atoms with Crippen LogP contribution >= 0.6 is 23.2 Å². The minimum Gasteiger partial charge on any atom is -0.330 e. The first-order valence-corrected chi connectivity index (χ1v) is 13.3. The standard InChI is InChI=1S/C16H22ClN.C14H19ClFNO/c1-11(2)12(3)15(16(18)8-9-16)10-13-4-6-14(17)7-5-13;1-14(2,3)13(18)10(8-17)6-9-4-5-11(15)12(16)7-9/h4-7,11,15H,3,8-10,18H2,1-2H3;4-5,7,10H,6,8,17H2,1-3H3. The van der Waals surface area contributed by atoms with Gasteiger partial charge in [0.05, 0.1) is 5.02 Å². The second kappa shape index (κ2) is 12.7. The molecule has 0 radical (unpaired) electrons. The number of Topliss-reactive ketones (excluding diaryl/α,β-unsaturated/α-hetero) is 1. The summed E-state index contributed by atoms with van der Waals surface area (Å²) in [5.41, 5.74) is 14.9. The van der Waals surface area contributed by atoms with Gasteiger partial charge in [-0.05, 0) is 67.0 Å². The van der Waals surface area contributed by atoms with Crippen LogP contribution in [0.3, 0.4) is 0 Å². The number of benzene rings is 2. The van der Waals surface area contributed by atoms with Gasteiger partial charge in [-0.25, -0.2) is 4.39 Å². The van der Waals surface area contributed by atoms with E-state index in [2.05, 4.69) is 32.6 Å². The van der Waals surface area contributed by atoms with E-state index < -0.39 is 11.2 Å². The maximum Gasteiger partial charge on any atom is 0.142 e. The van der Waals surface area contributed by atoms with Crippen molar-refractivity contribution in [1.29, 1.82) is 0 Å². The van der Waals surface area contributed by atoms with Crippen LogP contribution in [0.5, 0.6) is 0 Å². The summed E-state index contributed by atoms with van der Waals surface area (Å²) in [6, 6.07) is 12.7. The molecule has 0 aliphatic heterocycles. The highest BCUT2D eigenvalue weighted by atomic mass is 35.5. The summed E-state index contributed by atoms with van der Waals surface area (Å²) in [5.74, 6) is 0.223. The van der Waals surface area contributed by atoms with Crippen molar-refractivity contribution < 1.29 is 9.18 Å². The molecule has 1 saturated carbocycles. The Labute approximate surface area is 226 Å². The van der Waals surface area contributed by atoms with Gasteiger partial charge in [-0.15, -0.1) is 0 Å². The van der Waals surface area contributed by atoms with Crippen molar-refractivity contribution in [3.8, 4) is 0 Å². The topological polar surface area (TPSA) is 69.1 Å². The fourth-order valence-corrected chi connectivity index (χ4v) is 4.55. The van der Waals surface area contributed by atoms with Gasteiger partial charge < -0.3 is 11.5 Å². The number of hydrogen-bond donors (Lipinski definition) is 2. The van der Waals surface area contributed by atoms with Gasteiger partial charge in [0.1, 0.15) is 11.6 Å². The van der Waals surface area contributed by atoms with Crippen molar-refractivity contribution in [2.75, 3.05) is 6.54 Å². The highest BCUT2D eigenvalue weighted by molar-refractivity contribution is 6.30. The number of hydrogen-bond acceptors (Lipinski definition) is 3. The molecule has 1 fully saturated rings. The Morgan fingerprint density at radius 2 is 1.61 bits per heavy atom. The number of ketones is 1. The van der Waals surface area contributed by atoms with E-state index in [9.17, 15) is 9.18 Å². The Hall–Kier alpha value is -1.72. The van der Waals surface area contributed by atoms with Crippen molar-refractivity contribution in [3.63, 3.8) is 0 Å². The average molecular weight is 536 g/mol. The van der Waals surface area contributed by atoms with Crippen molar-refractivity contribution in [1.82, 2.24) is 0 Å². The van der Waals surface area contributed by atoms with Crippen LogP contribution in [0.4, 0.5) is 4.39 Å². The van der Waals surface area contributed by atoms with Gasteiger partial charge in [0, 0.05) is 34.4 Å². The number of rotatable bonds is 9. The highest BCUT2D eigenvalue weighted by Gasteiger charge is 2.46. The Bertz CT molecular complexity index is 1040. The van der Waals surface area contributed by atoms with Crippen LogP contribution in [-0.2, 0) is 17.6 Å². The maximum absolute atomic E-state index is 13.3. The zero-order valence-corrected chi connectivity index (χ0v) is 23.7. The second-order valence-corrected chi connectivity index (χ2v) is 12.2. The summed E-state index contributed by atoms with van der Waals surface area (Å²) in [4.78, 5) is 12.2. The van der Waals surface area contributed by atoms with Gasteiger partial charge in [0.25, 0.3) is 0 Å². The van der Waals surface area contributed by atoms with E-state index in [1.165, 1.54) is 23.3 Å². The van der Waals surface area contributed by atoms with E-state index in [0.29, 0.717) is 18.3 Å². The summed E-state index contributed by atoms with van der Waals surface area (Å²) in [6.45, 7) is 14.5. The van der Waals surface area contributed by atoms with Crippen LogP contribution in [0, 0.1) is 29.0 Å². The van der Waals surface area contributed by atoms with Gasteiger partial charge in [0.15, 0.2) is 0 Å². The molecule has 36 heavy (non-hydrogen) atoms. The first-order valence-electron chi connectivity index (χ1n) is 12.6. The molecule has 0 spiro atoms. The summed E-state index contributed by atoms with van der Waals surface area (Å²) >= 11 is 11.5. The van der Waals surface area contributed by atoms with Gasteiger partial charge >= 0.3 is 0 Å². The number of carbonyl (C=O) groups is 1. The van der Waals surface area contributed by atoms with Crippen LogP contribution in [0.2, 0.25) is 10.0 Å². The third kappa shape index (κ3) is 8.69. The first-order chi connectivity index (χ1) is 16.7. The molecule has 0 heterocycles. The third-order valence-corrected chi connectivity index (χ3v) is 7.48. The monoisotopic (exact) mass is 534 g/mol. The summed E-state index contributed by atoms with van der Waals surface area (Å²) in [5, 5.41) is 0.872. The zero-order chi connectivity index (χ0) is 27.3. The fourth-order valence-electron chi connectivity index (χ4n) is 4.30. The molecule has 3 rings (SSSR count). The maximum atomic E-state index is 13.3. The van der Waals surface area contributed by atoms with Crippen molar-refractivity contribution in [3.05, 3.63) is 81.6 Å². The van der Waals surface area contributed by atoms with Gasteiger partial charge in [-0.1, -0.05) is 88.2 Å². The molecule has 6 heteroatoms. The molecule has 2 unspecified atom stereocenters. The lowest BCUT2D eigenvalue weighted by Gasteiger charge is -2.28. The second-order valence-electron chi connectivity index (χ2n) is 11.3. The molecule has 0 amide bonds. The first kappa shape index (κ1) is 30.5. The molecule has 1 aliphatic carbocycles. The number of carbonyl (C=O) groups excluding carboxylic acids is 1. The SMILES string of the molecule is C=C(C(C)C)C(Cc1ccc(Cl)cc1)C1(N)CC1.CC(C)(C)C(=O)C(CN)Cc1ccc(Cl)c(F)c1. The molecule has 0 aromatic heterocycles. The van der Waals surface area contributed by atoms with Crippen LogP contribution in [0.1, 0.15) is 58.6 Å². The lowest BCUT2D eigenvalue weighted by molar-refractivity contribution is -0.130. The van der Waals surface area contributed by atoms with E-state index >= 15 is 0 Å². The van der Waals surface area contributed by atoms with E-state index in [1.807, 2.05) is 32.9 Å². The minimum atomic E-state index is -0.465. The Morgan fingerprint density at radius 3 is 2.06 bits per heavy atom. The fraction of sp³-hybridized carbons (Fsp3) is 0.500. The van der Waals surface area contributed by atoms with E-state index in [0.717, 1.165) is 29.8 Å². The lowest BCUT2D eigenvalue weighted by atomic mass is 9.80. The summed E-state index contributed by atoms with van der Waals surface area (Å²) in [7, 11) is 0. The van der Waals surface area contributed by atoms with Gasteiger partial charge in [-0.3, -0.25) is 4.79 Å². The molecule has 2 aromatic rings. The third-order valence-electron chi connectivity index (χ3n) is 6.92. The normalized spacial score (nSPS) is 16.1. The predicted octanol–water partition coefficient (Wildman–Crippen LogP) is 7.41.